The van der Waals surface area contributed by atoms with Gasteiger partial charge in [0.2, 0.25) is 0 Å². The SMILES string of the molecule is CC1=CC(c2cccc(CN3CCN(C)CC3)c2)=CNC1. The van der Waals surface area contributed by atoms with E-state index in [-0.39, 0.29) is 0 Å². The standard InChI is InChI=1S/C18H25N3/c1-15-10-18(13-19-12-15)17-5-3-4-16(11-17)14-21-8-6-20(2)7-9-21/h3-5,10-11,13,19H,6-9,12,14H2,1-2H3. The number of allylic oxidation sites excluding steroid dienone is 2. The van der Waals surface area contributed by atoms with Crippen LogP contribution in [0.4, 0.5) is 0 Å². The molecule has 0 saturated carbocycles. The molecule has 0 radical (unpaired) electrons. The van der Waals surface area contributed by atoms with Gasteiger partial charge in [-0.05, 0) is 36.7 Å². The van der Waals surface area contributed by atoms with Crippen LogP contribution in [0.1, 0.15) is 18.1 Å². The highest BCUT2D eigenvalue weighted by Crippen LogP contribution is 2.21. The highest BCUT2D eigenvalue weighted by Gasteiger charge is 2.14. The summed E-state index contributed by atoms with van der Waals surface area (Å²) in [5, 5.41) is 3.34. The van der Waals surface area contributed by atoms with E-state index in [1.807, 2.05) is 0 Å². The molecule has 0 atom stereocenters. The molecule has 2 heterocycles. The Bertz CT molecular complexity index is 551. The quantitative estimate of drug-likeness (QED) is 0.918. The molecule has 112 valence electrons. The third-order valence-electron chi connectivity index (χ3n) is 4.30. The second-order valence-electron chi connectivity index (χ2n) is 6.25. The maximum absolute atomic E-state index is 3.34. The number of piperazine rings is 1. The van der Waals surface area contributed by atoms with Crippen LogP contribution < -0.4 is 5.32 Å². The lowest BCUT2D eigenvalue weighted by atomic mass is 10.00. The highest BCUT2D eigenvalue weighted by atomic mass is 15.2. The molecule has 1 fully saturated rings. The van der Waals surface area contributed by atoms with Gasteiger partial charge in [0, 0.05) is 45.5 Å². The van der Waals surface area contributed by atoms with Crippen molar-refractivity contribution in [2.45, 2.75) is 13.5 Å². The van der Waals surface area contributed by atoms with Gasteiger partial charge in [0.05, 0.1) is 0 Å². The van der Waals surface area contributed by atoms with E-state index in [4.69, 9.17) is 0 Å². The van der Waals surface area contributed by atoms with Crippen LogP contribution in [-0.2, 0) is 6.54 Å². The molecule has 3 nitrogen and oxygen atoms in total. The molecule has 3 heteroatoms. The first kappa shape index (κ1) is 14.4. The molecule has 0 aromatic heterocycles. The number of benzene rings is 1. The van der Waals surface area contributed by atoms with Gasteiger partial charge in [-0.2, -0.15) is 0 Å². The van der Waals surface area contributed by atoms with E-state index in [1.165, 1.54) is 48.5 Å². The molecule has 1 N–H and O–H groups in total. The van der Waals surface area contributed by atoms with E-state index < -0.39 is 0 Å². The zero-order valence-electron chi connectivity index (χ0n) is 13.1. The van der Waals surface area contributed by atoms with Crippen LogP contribution in [-0.4, -0.2) is 49.6 Å². The Morgan fingerprint density at radius 1 is 1.14 bits per heavy atom. The Morgan fingerprint density at radius 3 is 2.71 bits per heavy atom. The fourth-order valence-electron chi connectivity index (χ4n) is 2.96. The number of nitrogens with zero attached hydrogens (tertiary/aromatic N) is 2. The molecule has 3 rings (SSSR count). The maximum atomic E-state index is 3.34. The number of hydrogen-bond acceptors (Lipinski definition) is 3. The minimum Gasteiger partial charge on any atom is -0.387 e. The zero-order valence-corrected chi connectivity index (χ0v) is 13.1. The molecular weight excluding hydrogens is 258 g/mol. The van der Waals surface area contributed by atoms with Gasteiger partial charge in [-0.25, -0.2) is 0 Å². The van der Waals surface area contributed by atoms with Crippen molar-refractivity contribution in [1.29, 1.82) is 0 Å². The molecule has 0 bridgehead atoms. The molecule has 1 saturated heterocycles. The van der Waals surface area contributed by atoms with Crippen LogP contribution in [0, 0.1) is 0 Å². The van der Waals surface area contributed by atoms with Gasteiger partial charge in [-0.1, -0.05) is 29.8 Å². The zero-order chi connectivity index (χ0) is 14.7. The van der Waals surface area contributed by atoms with E-state index in [0.29, 0.717) is 0 Å². The molecule has 1 aromatic rings. The fraction of sp³-hybridized carbons (Fsp3) is 0.444. The topological polar surface area (TPSA) is 18.5 Å². The van der Waals surface area contributed by atoms with E-state index in [9.17, 15) is 0 Å². The third-order valence-corrected chi connectivity index (χ3v) is 4.30. The van der Waals surface area contributed by atoms with Crippen molar-refractivity contribution in [3.63, 3.8) is 0 Å². The first-order valence-corrected chi connectivity index (χ1v) is 7.82. The fourth-order valence-corrected chi connectivity index (χ4v) is 2.96. The maximum Gasteiger partial charge on any atom is 0.0355 e. The van der Waals surface area contributed by atoms with Crippen LogP contribution in [0.5, 0.6) is 0 Å². The second kappa shape index (κ2) is 6.46. The second-order valence-corrected chi connectivity index (χ2v) is 6.25. The Labute approximate surface area is 127 Å². The Kier molecular flexibility index (Phi) is 4.42. The van der Waals surface area contributed by atoms with Crippen molar-refractivity contribution >= 4 is 5.57 Å². The first-order valence-electron chi connectivity index (χ1n) is 7.82. The molecule has 0 unspecified atom stereocenters. The number of likely N-dealkylation sites (N-methyl/N-ethyl adjacent to an activating group) is 1. The lowest BCUT2D eigenvalue weighted by Gasteiger charge is -2.32. The first-order chi connectivity index (χ1) is 10.2. The van der Waals surface area contributed by atoms with E-state index in [1.54, 1.807) is 0 Å². The normalized spacial score (nSPS) is 20.7. The van der Waals surface area contributed by atoms with Crippen LogP contribution in [0.2, 0.25) is 0 Å². The van der Waals surface area contributed by atoms with E-state index in [2.05, 4.69) is 65.6 Å². The highest BCUT2D eigenvalue weighted by molar-refractivity contribution is 5.75. The largest absolute Gasteiger partial charge is 0.387 e. The van der Waals surface area contributed by atoms with Crippen molar-refractivity contribution in [1.82, 2.24) is 15.1 Å². The van der Waals surface area contributed by atoms with Gasteiger partial charge in [-0.15, -0.1) is 0 Å². The molecular formula is C18H25N3. The molecule has 1 aromatic carbocycles. The predicted molar refractivity (Wildman–Crippen MR) is 89.0 cm³/mol. The average molecular weight is 283 g/mol. The summed E-state index contributed by atoms with van der Waals surface area (Å²) >= 11 is 0. The number of hydrogen-bond donors (Lipinski definition) is 1. The van der Waals surface area contributed by atoms with E-state index in [0.717, 1.165) is 13.1 Å². The summed E-state index contributed by atoms with van der Waals surface area (Å²) in [5.41, 5.74) is 5.40. The Balaban J connectivity index is 1.70. The molecule has 21 heavy (non-hydrogen) atoms. The summed E-state index contributed by atoms with van der Waals surface area (Å²) in [5.74, 6) is 0. The van der Waals surface area contributed by atoms with Crippen LogP contribution in [0.3, 0.4) is 0 Å². The summed E-state index contributed by atoms with van der Waals surface area (Å²) in [6.07, 6.45) is 4.41. The predicted octanol–water partition coefficient (Wildman–Crippen LogP) is 2.32. The van der Waals surface area contributed by atoms with Crippen molar-refractivity contribution in [2.24, 2.45) is 0 Å². The number of rotatable bonds is 3. The third kappa shape index (κ3) is 3.74. The van der Waals surface area contributed by atoms with Crippen LogP contribution in [0.15, 0.2) is 42.1 Å². The lowest BCUT2D eigenvalue weighted by Crippen LogP contribution is -2.43. The summed E-state index contributed by atoms with van der Waals surface area (Å²) in [7, 11) is 2.20. The van der Waals surface area contributed by atoms with Crippen molar-refractivity contribution < 1.29 is 0 Å². The van der Waals surface area contributed by atoms with Gasteiger partial charge in [-0.3, -0.25) is 4.90 Å². The summed E-state index contributed by atoms with van der Waals surface area (Å²) in [6, 6.07) is 8.96. The summed E-state index contributed by atoms with van der Waals surface area (Å²) in [4.78, 5) is 4.95. The van der Waals surface area contributed by atoms with E-state index >= 15 is 0 Å². The minimum absolute atomic E-state index is 0.963. The Hall–Kier alpha value is -1.58. The van der Waals surface area contributed by atoms with Crippen LogP contribution in [0.25, 0.3) is 5.57 Å². The summed E-state index contributed by atoms with van der Waals surface area (Å²) in [6.45, 7) is 8.89. The van der Waals surface area contributed by atoms with Crippen LogP contribution >= 0.6 is 0 Å². The molecule has 0 amide bonds. The minimum atomic E-state index is 0.963. The van der Waals surface area contributed by atoms with Gasteiger partial charge < -0.3 is 10.2 Å². The lowest BCUT2D eigenvalue weighted by molar-refractivity contribution is 0.148. The molecule has 2 aliphatic rings. The molecule has 2 aliphatic heterocycles. The number of dihydropyridines is 1. The van der Waals surface area contributed by atoms with Crippen molar-refractivity contribution in [3.8, 4) is 0 Å². The molecule has 0 aliphatic carbocycles. The van der Waals surface area contributed by atoms with Crippen molar-refractivity contribution in [3.05, 3.63) is 53.2 Å². The van der Waals surface area contributed by atoms with Gasteiger partial charge in [0.1, 0.15) is 0 Å². The summed E-state index contributed by atoms with van der Waals surface area (Å²) < 4.78 is 0. The number of nitrogens with one attached hydrogen (secondary N) is 1. The Morgan fingerprint density at radius 2 is 1.95 bits per heavy atom. The van der Waals surface area contributed by atoms with Gasteiger partial charge in [0.25, 0.3) is 0 Å². The average Bonchev–Trinajstić information content (AvgIpc) is 2.50. The van der Waals surface area contributed by atoms with Crippen molar-refractivity contribution in [2.75, 3.05) is 39.8 Å². The monoisotopic (exact) mass is 283 g/mol. The smallest absolute Gasteiger partial charge is 0.0355 e. The molecule has 0 spiro atoms. The van der Waals surface area contributed by atoms with Gasteiger partial charge >= 0.3 is 0 Å². The van der Waals surface area contributed by atoms with Gasteiger partial charge in [0.15, 0.2) is 0 Å².